The molecule has 0 amide bonds. The van der Waals surface area contributed by atoms with Crippen LogP contribution in [-0.2, 0) is 0 Å². The molecule has 3 rings (SSSR count). The van der Waals surface area contributed by atoms with Gasteiger partial charge in [0.15, 0.2) is 0 Å². The highest BCUT2D eigenvalue weighted by atomic mass is 32.2. The molecule has 4 heteroatoms. The molecule has 0 saturated heterocycles. The summed E-state index contributed by atoms with van der Waals surface area (Å²) in [5, 5.41) is 3.46. The second-order valence-corrected chi connectivity index (χ2v) is 5.06. The lowest BCUT2D eigenvalue weighted by atomic mass is 10.3. The highest BCUT2D eigenvalue weighted by Gasteiger charge is 2.23. The van der Waals surface area contributed by atoms with Crippen LogP contribution in [0.5, 0.6) is 0 Å². The van der Waals surface area contributed by atoms with Crippen molar-refractivity contribution in [3.63, 3.8) is 0 Å². The normalized spacial score (nSPS) is 14.9. The minimum absolute atomic E-state index is 0.623. The van der Waals surface area contributed by atoms with Crippen molar-refractivity contribution < 1.29 is 0 Å². The summed E-state index contributed by atoms with van der Waals surface area (Å²) in [6.45, 7) is 0. The number of anilines is 1. The van der Waals surface area contributed by atoms with E-state index in [1.807, 2.05) is 12.4 Å². The maximum absolute atomic E-state index is 4.39. The Morgan fingerprint density at radius 1 is 1.35 bits per heavy atom. The number of rotatable bonds is 4. The smallest absolute Gasteiger partial charge is 0.207 e. The van der Waals surface area contributed by atoms with Crippen molar-refractivity contribution in [2.24, 2.45) is 0 Å². The van der Waals surface area contributed by atoms with Crippen molar-refractivity contribution in [1.82, 2.24) is 9.55 Å². The van der Waals surface area contributed by atoms with Crippen molar-refractivity contribution in [1.29, 1.82) is 0 Å². The fourth-order valence-electron chi connectivity index (χ4n) is 1.84. The van der Waals surface area contributed by atoms with Gasteiger partial charge in [-0.15, -0.1) is 11.8 Å². The van der Waals surface area contributed by atoms with Gasteiger partial charge in [0.1, 0.15) is 0 Å². The average Bonchev–Trinajstić information content (AvgIpc) is 3.06. The SMILES string of the molecule is CSc1ccccc1-n1ccnc1NC1CC1. The zero-order chi connectivity index (χ0) is 11.7. The molecule has 1 aliphatic carbocycles. The van der Waals surface area contributed by atoms with Crippen LogP contribution in [0.2, 0.25) is 0 Å². The van der Waals surface area contributed by atoms with E-state index in [1.54, 1.807) is 11.8 Å². The topological polar surface area (TPSA) is 29.9 Å². The minimum Gasteiger partial charge on any atom is -0.353 e. The lowest BCUT2D eigenvalue weighted by molar-refractivity contribution is 0.983. The molecular weight excluding hydrogens is 230 g/mol. The number of nitrogens with zero attached hydrogens (tertiary/aromatic N) is 2. The van der Waals surface area contributed by atoms with E-state index in [0.717, 1.165) is 5.95 Å². The molecule has 1 aliphatic rings. The van der Waals surface area contributed by atoms with Crippen LogP contribution in [0.1, 0.15) is 12.8 Å². The minimum atomic E-state index is 0.623. The molecule has 1 N–H and O–H groups in total. The number of imidazole rings is 1. The zero-order valence-corrected chi connectivity index (χ0v) is 10.6. The Hall–Kier alpha value is -1.42. The molecule has 0 aliphatic heterocycles. The van der Waals surface area contributed by atoms with E-state index in [4.69, 9.17) is 0 Å². The molecule has 0 unspecified atom stereocenters. The molecule has 2 aromatic rings. The van der Waals surface area contributed by atoms with Crippen LogP contribution < -0.4 is 5.32 Å². The second kappa shape index (κ2) is 4.45. The van der Waals surface area contributed by atoms with Crippen LogP contribution in [0.4, 0.5) is 5.95 Å². The molecule has 88 valence electrons. The Bertz CT molecular complexity index is 517. The molecule has 1 saturated carbocycles. The van der Waals surface area contributed by atoms with E-state index in [2.05, 4.69) is 45.4 Å². The largest absolute Gasteiger partial charge is 0.353 e. The molecule has 1 aromatic heterocycles. The lowest BCUT2D eigenvalue weighted by Crippen LogP contribution is -2.08. The molecule has 0 bridgehead atoms. The Labute approximate surface area is 105 Å². The molecule has 0 radical (unpaired) electrons. The summed E-state index contributed by atoms with van der Waals surface area (Å²) < 4.78 is 2.13. The average molecular weight is 245 g/mol. The van der Waals surface area contributed by atoms with E-state index in [0.29, 0.717) is 6.04 Å². The first-order valence-corrected chi connectivity index (χ1v) is 7.04. The highest BCUT2D eigenvalue weighted by molar-refractivity contribution is 7.98. The molecule has 1 aromatic carbocycles. The van der Waals surface area contributed by atoms with Gasteiger partial charge in [-0.1, -0.05) is 12.1 Å². The first kappa shape index (κ1) is 10.7. The molecule has 3 nitrogen and oxygen atoms in total. The van der Waals surface area contributed by atoms with Gasteiger partial charge in [-0.05, 0) is 31.2 Å². The van der Waals surface area contributed by atoms with Gasteiger partial charge >= 0.3 is 0 Å². The summed E-state index contributed by atoms with van der Waals surface area (Å²) in [6.07, 6.45) is 8.49. The molecule has 0 spiro atoms. The second-order valence-electron chi connectivity index (χ2n) is 4.21. The van der Waals surface area contributed by atoms with Crippen molar-refractivity contribution >= 4 is 17.7 Å². The fraction of sp³-hybridized carbons (Fsp3) is 0.308. The van der Waals surface area contributed by atoms with Gasteiger partial charge in [-0.25, -0.2) is 4.98 Å². The third kappa shape index (κ3) is 2.17. The van der Waals surface area contributed by atoms with Gasteiger partial charge in [-0.3, -0.25) is 4.57 Å². The van der Waals surface area contributed by atoms with Crippen LogP contribution in [0.25, 0.3) is 5.69 Å². The summed E-state index contributed by atoms with van der Waals surface area (Å²) in [6, 6.07) is 9.03. The van der Waals surface area contributed by atoms with E-state index in [1.165, 1.54) is 23.4 Å². The van der Waals surface area contributed by atoms with Gasteiger partial charge < -0.3 is 5.32 Å². The predicted molar refractivity (Wildman–Crippen MR) is 72.0 cm³/mol. The van der Waals surface area contributed by atoms with Crippen LogP contribution >= 0.6 is 11.8 Å². The van der Waals surface area contributed by atoms with Crippen molar-refractivity contribution in [2.45, 2.75) is 23.8 Å². The molecule has 1 fully saturated rings. The number of aromatic nitrogens is 2. The summed E-state index contributed by atoms with van der Waals surface area (Å²) in [5.74, 6) is 0.953. The predicted octanol–water partition coefficient (Wildman–Crippen LogP) is 3.17. The molecule has 17 heavy (non-hydrogen) atoms. The van der Waals surface area contributed by atoms with Gasteiger partial charge in [0.05, 0.1) is 5.69 Å². The number of hydrogen-bond donors (Lipinski definition) is 1. The first-order chi connectivity index (χ1) is 8.38. The summed E-state index contributed by atoms with van der Waals surface area (Å²) in [7, 11) is 0. The quantitative estimate of drug-likeness (QED) is 0.839. The monoisotopic (exact) mass is 245 g/mol. The molecule has 1 heterocycles. The zero-order valence-electron chi connectivity index (χ0n) is 9.76. The number of nitrogens with one attached hydrogen (secondary N) is 1. The Morgan fingerprint density at radius 2 is 2.18 bits per heavy atom. The van der Waals surface area contributed by atoms with E-state index < -0.39 is 0 Å². The van der Waals surface area contributed by atoms with E-state index in [-0.39, 0.29) is 0 Å². The summed E-state index contributed by atoms with van der Waals surface area (Å²) in [5.41, 5.74) is 1.20. The van der Waals surface area contributed by atoms with Gasteiger partial charge in [0, 0.05) is 23.3 Å². The molecular formula is C13H15N3S. The fourth-order valence-corrected chi connectivity index (χ4v) is 2.43. The highest BCUT2D eigenvalue weighted by Crippen LogP contribution is 2.28. The van der Waals surface area contributed by atoms with Crippen molar-refractivity contribution in [2.75, 3.05) is 11.6 Å². The van der Waals surface area contributed by atoms with Gasteiger partial charge in [0.2, 0.25) is 5.95 Å². The number of hydrogen-bond acceptors (Lipinski definition) is 3. The maximum Gasteiger partial charge on any atom is 0.207 e. The maximum atomic E-state index is 4.39. The molecule has 0 atom stereocenters. The summed E-state index contributed by atoms with van der Waals surface area (Å²) >= 11 is 1.76. The Balaban J connectivity index is 1.99. The standard InChI is InChI=1S/C13H15N3S/c1-17-12-5-3-2-4-11(12)16-9-8-14-13(16)15-10-6-7-10/h2-5,8-10H,6-7H2,1H3,(H,14,15). The summed E-state index contributed by atoms with van der Waals surface area (Å²) in [4.78, 5) is 5.66. The Kier molecular flexibility index (Phi) is 2.81. The van der Waals surface area contributed by atoms with Gasteiger partial charge in [0.25, 0.3) is 0 Å². The van der Waals surface area contributed by atoms with E-state index >= 15 is 0 Å². The van der Waals surface area contributed by atoms with Crippen molar-refractivity contribution in [3.05, 3.63) is 36.7 Å². The van der Waals surface area contributed by atoms with Crippen molar-refractivity contribution in [3.8, 4) is 5.69 Å². The number of thioether (sulfide) groups is 1. The van der Waals surface area contributed by atoms with Crippen LogP contribution in [0.15, 0.2) is 41.6 Å². The van der Waals surface area contributed by atoms with E-state index in [9.17, 15) is 0 Å². The lowest BCUT2D eigenvalue weighted by Gasteiger charge is -2.12. The Morgan fingerprint density at radius 3 is 2.94 bits per heavy atom. The number of benzene rings is 1. The van der Waals surface area contributed by atoms with Crippen LogP contribution in [0, 0.1) is 0 Å². The third-order valence-electron chi connectivity index (χ3n) is 2.90. The van der Waals surface area contributed by atoms with Gasteiger partial charge in [-0.2, -0.15) is 0 Å². The first-order valence-electron chi connectivity index (χ1n) is 5.82. The van der Waals surface area contributed by atoms with Crippen LogP contribution in [-0.4, -0.2) is 21.8 Å². The number of para-hydroxylation sites is 1. The van der Waals surface area contributed by atoms with Crippen LogP contribution in [0.3, 0.4) is 0 Å². The third-order valence-corrected chi connectivity index (χ3v) is 3.68.